The second-order valence-electron chi connectivity index (χ2n) is 5.78. The molecule has 9 heteroatoms. The van der Waals surface area contributed by atoms with Crippen molar-refractivity contribution in [3.8, 4) is 0 Å². The zero-order valence-corrected chi connectivity index (χ0v) is 14.0. The van der Waals surface area contributed by atoms with Gasteiger partial charge in [0.1, 0.15) is 0 Å². The van der Waals surface area contributed by atoms with Gasteiger partial charge < -0.3 is 15.5 Å². The molecule has 2 heterocycles. The highest BCUT2D eigenvalue weighted by Gasteiger charge is 2.28. The van der Waals surface area contributed by atoms with Gasteiger partial charge in [0.25, 0.3) is 0 Å². The molecule has 0 unspecified atom stereocenters. The van der Waals surface area contributed by atoms with Crippen molar-refractivity contribution >= 4 is 21.7 Å². The molecule has 0 aliphatic carbocycles. The van der Waals surface area contributed by atoms with Gasteiger partial charge in [-0.2, -0.15) is 0 Å². The van der Waals surface area contributed by atoms with Gasteiger partial charge in [-0.05, 0) is 30.9 Å². The van der Waals surface area contributed by atoms with E-state index in [9.17, 15) is 13.2 Å². The average molecular weight is 341 g/mol. The Morgan fingerprint density at radius 3 is 2.96 bits per heavy atom. The van der Waals surface area contributed by atoms with Gasteiger partial charge in [0.15, 0.2) is 0 Å². The van der Waals surface area contributed by atoms with E-state index in [1.54, 1.807) is 17.3 Å². The van der Waals surface area contributed by atoms with Crippen molar-refractivity contribution in [2.75, 3.05) is 37.2 Å². The Morgan fingerprint density at radius 2 is 2.26 bits per heavy atom. The number of carbonyl (C=O) groups is 1. The Kier molecular flexibility index (Phi) is 5.78. The normalized spacial score (nSPS) is 18.0. The number of hydrogen-bond donors (Lipinski definition) is 3. The number of nitrogens with one attached hydrogen (secondary N) is 2. The van der Waals surface area contributed by atoms with Gasteiger partial charge in [-0.1, -0.05) is 0 Å². The lowest BCUT2D eigenvalue weighted by molar-refractivity contribution is 0.208. The number of likely N-dealkylation sites (tertiary alicyclic amines) is 1. The van der Waals surface area contributed by atoms with Crippen molar-refractivity contribution in [2.45, 2.75) is 13.3 Å². The number of amides is 2. The van der Waals surface area contributed by atoms with Gasteiger partial charge in [-0.15, -0.1) is 0 Å². The van der Waals surface area contributed by atoms with Crippen LogP contribution in [0.25, 0.3) is 0 Å². The Morgan fingerprint density at radius 1 is 1.48 bits per heavy atom. The van der Waals surface area contributed by atoms with Crippen LogP contribution in [0.3, 0.4) is 0 Å². The number of urea groups is 1. The van der Waals surface area contributed by atoms with Gasteiger partial charge >= 0.3 is 6.03 Å². The average Bonchev–Trinajstić information content (AvgIpc) is 2.91. The summed E-state index contributed by atoms with van der Waals surface area (Å²) in [4.78, 5) is 17.7. The quantitative estimate of drug-likeness (QED) is 0.635. The number of aryl methyl sites for hydroxylation is 1. The van der Waals surface area contributed by atoms with E-state index in [0.29, 0.717) is 32.6 Å². The van der Waals surface area contributed by atoms with E-state index in [1.807, 2.05) is 13.0 Å². The summed E-state index contributed by atoms with van der Waals surface area (Å²) in [7, 11) is -3.49. The van der Waals surface area contributed by atoms with Gasteiger partial charge in [-0.25, -0.2) is 18.4 Å². The zero-order chi connectivity index (χ0) is 16.9. The highest BCUT2D eigenvalue weighted by atomic mass is 32.2. The highest BCUT2D eigenvalue weighted by molar-refractivity contribution is 7.89. The van der Waals surface area contributed by atoms with Crippen LogP contribution in [0.5, 0.6) is 0 Å². The molecule has 23 heavy (non-hydrogen) atoms. The third kappa shape index (κ3) is 5.68. The van der Waals surface area contributed by atoms with Crippen molar-refractivity contribution in [3.05, 3.63) is 24.0 Å². The van der Waals surface area contributed by atoms with Crippen molar-refractivity contribution in [2.24, 2.45) is 11.1 Å². The molecule has 1 aromatic rings. The number of hydrogen-bond acceptors (Lipinski definition) is 5. The van der Waals surface area contributed by atoms with Crippen LogP contribution in [0.2, 0.25) is 0 Å². The molecule has 1 saturated heterocycles. The summed E-state index contributed by atoms with van der Waals surface area (Å²) in [5, 5.41) is 11.1. The predicted molar refractivity (Wildman–Crippen MR) is 88.5 cm³/mol. The van der Waals surface area contributed by atoms with Crippen LogP contribution in [-0.2, 0) is 10.0 Å². The number of pyridine rings is 1. The molecule has 1 fully saturated rings. The monoisotopic (exact) mass is 341 g/mol. The number of primary sulfonamides is 1. The minimum absolute atomic E-state index is 0.0698. The summed E-state index contributed by atoms with van der Waals surface area (Å²) in [5.41, 5.74) is 2.04. The summed E-state index contributed by atoms with van der Waals surface area (Å²) in [6.07, 6.45) is 4.15. The van der Waals surface area contributed by atoms with Crippen LogP contribution in [0, 0.1) is 12.8 Å². The molecule has 0 bridgehead atoms. The SMILES string of the molecule is Cc1cnccc1NCCNC(=O)N1CC[C@@H](CS(N)(=O)=O)C1. The maximum absolute atomic E-state index is 12.0. The number of anilines is 1. The molecule has 1 aliphatic heterocycles. The summed E-state index contributed by atoms with van der Waals surface area (Å²) in [6.45, 7) is 4.04. The molecule has 0 spiro atoms. The van der Waals surface area contributed by atoms with E-state index in [2.05, 4.69) is 15.6 Å². The number of sulfonamides is 1. The smallest absolute Gasteiger partial charge is 0.317 e. The fourth-order valence-corrected chi connectivity index (χ4v) is 3.56. The molecular weight excluding hydrogens is 318 g/mol. The Balaban J connectivity index is 1.69. The maximum atomic E-state index is 12.0. The largest absolute Gasteiger partial charge is 0.383 e. The van der Waals surface area contributed by atoms with Gasteiger partial charge in [0, 0.05) is 44.3 Å². The van der Waals surface area contributed by atoms with Crippen molar-refractivity contribution in [1.29, 1.82) is 0 Å². The van der Waals surface area contributed by atoms with Crippen molar-refractivity contribution in [1.82, 2.24) is 15.2 Å². The van der Waals surface area contributed by atoms with Crippen molar-refractivity contribution < 1.29 is 13.2 Å². The summed E-state index contributed by atoms with van der Waals surface area (Å²) < 4.78 is 22.2. The minimum Gasteiger partial charge on any atom is -0.383 e. The van der Waals surface area contributed by atoms with E-state index in [4.69, 9.17) is 5.14 Å². The molecule has 1 aliphatic rings. The van der Waals surface area contributed by atoms with Crippen LogP contribution in [0.15, 0.2) is 18.5 Å². The molecule has 128 valence electrons. The first-order valence-electron chi connectivity index (χ1n) is 7.53. The first kappa shape index (κ1) is 17.5. The first-order chi connectivity index (χ1) is 10.8. The second-order valence-corrected chi connectivity index (χ2v) is 7.44. The molecule has 2 amide bonds. The van der Waals surface area contributed by atoms with E-state index in [0.717, 1.165) is 11.3 Å². The van der Waals surface area contributed by atoms with Gasteiger partial charge in [-0.3, -0.25) is 4.98 Å². The number of nitrogens with two attached hydrogens (primary N) is 1. The van der Waals surface area contributed by atoms with E-state index in [1.165, 1.54) is 0 Å². The minimum atomic E-state index is -3.49. The zero-order valence-electron chi connectivity index (χ0n) is 13.2. The fraction of sp³-hybridized carbons (Fsp3) is 0.571. The molecule has 1 atom stereocenters. The number of nitrogens with zero attached hydrogens (tertiary/aromatic N) is 2. The van der Waals surface area contributed by atoms with Crippen LogP contribution >= 0.6 is 0 Å². The molecule has 2 rings (SSSR count). The lowest BCUT2D eigenvalue weighted by Crippen LogP contribution is -2.40. The van der Waals surface area contributed by atoms with E-state index < -0.39 is 10.0 Å². The molecule has 4 N–H and O–H groups in total. The summed E-state index contributed by atoms with van der Waals surface area (Å²) in [5.74, 6) is -0.145. The van der Waals surface area contributed by atoms with E-state index in [-0.39, 0.29) is 17.7 Å². The van der Waals surface area contributed by atoms with E-state index >= 15 is 0 Å². The Bertz CT molecular complexity index is 650. The summed E-state index contributed by atoms with van der Waals surface area (Å²) >= 11 is 0. The lowest BCUT2D eigenvalue weighted by Gasteiger charge is -2.17. The standard InChI is InChI=1S/C14H23N5O3S/c1-11-8-16-4-2-13(11)17-5-6-18-14(20)19-7-3-12(9-19)10-23(15,21)22/h2,4,8,12H,3,5-7,9-10H2,1H3,(H,16,17)(H,18,20)(H2,15,21,22)/t12-/m1/s1. The van der Waals surface area contributed by atoms with Crippen molar-refractivity contribution in [3.63, 3.8) is 0 Å². The highest BCUT2D eigenvalue weighted by Crippen LogP contribution is 2.17. The molecule has 8 nitrogen and oxygen atoms in total. The second kappa shape index (κ2) is 7.60. The molecular formula is C14H23N5O3S. The molecule has 1 aromatic heterocycles. The predicted octanol–water partition coefficient (Wildman–Crippen LogP) is 0.122. The maximum Gasteiger partial charge on any atom is 0.317 e. The van der Waals surface area contributed by atoms with Crippen LogP contribution in [0.1, 0.15) is 12.0 Å². The van der Waals surface area contributed by atoms with Crippen LogP contribution in [-0.4, -0.2) is 56.3 Å². The first-order valence-corrected chi connectivity index (χ1v) is 9.24. The van der Waals surface area contributed by atoms with Gasteiger partial charge in [0.2, 0.25) is 10.0 Å². The third-order valence-electron chi connectivity index (χ3n) is 3.78. The molecule has 0 radical (unpaired) electrons. The molecule has 0 aromatic carbocycles. The summed E-state index contributed by atoms with van der Waals surface area (Å²) in [6, 6.07) is 1.71. The van der Waals surface area contributed by atoms with Crippen LogP contribution < -0.4 is 15.8 Å². The van der Waals surface area contributed by atoms with Crippen LogP contribution in [0.4, 0.5) is 10.5 Å². The van der Waals surface area contributed by atoms with Gasteiger partial charge in [0.05, 0.1) is 5.75 Å². The number of aromatic nitrogens is 1. The Labute approximate surface area is 136 Å². The fourth-order valence-electron chi connectivity index (χ4n) is 2.63. The number of rotatable bonds is 6. The molecule has 0 saturated carbocycles. The topological polar surface area (TPSA) is 117 Å². The third-order valence-corrected chi connectivity index (χ3v) is 4.71. The lowest BCUT2D eigenvalue weighted by atomic mass is 10.2. The Hall–Kier alpha value is -1.87. The number of carbonyl (C=O) groups excluding carboxylic acids is 1.